The van der Waals surface area contributed by atoms with Gasteiger partial charge in [0, 0.05) is 23.9 Å². The van der Waals surface area contributed by atoms with Gasteiger partial charge in [-0.05, 0) is 56.2 Å². The van der Waals surface area contributed by atoms with E-state index in [0.717, 1.165) is 62.7 Å². The number of alkyl carbamates (subject to hydrolysis) is 1. The van der Waals surface area contributed by atoms with Crippen LogP contribution < -0.4 is 21.3 Å². The summed E-state index contributed by atoms with van der Waals surface area (Å²) in [5.41, 5.74) is 2.79. The number of benzene rings is 2. The van der Waals surface area contributed by atoms with Gasteiger partial charge in [0.15, 0.2) is 0 Å². The van der Waals surface area contributed by atoms with Crippen molar-refractivity contribution < 1.29 is 43.3 Å². The molecule has 4 amide bonds. The average molecular weight is 904 g/mol. The van der Waals surface area contributed by atoms with Crippen LogP contribution in [0.25, 0.3) is 21.8 Å². The molecule has 21 heteroatoms. The molecule has 60 heavy (non-hydrogen) atoms. The maximum Gasteiger partial charge on any atom is 0.407 e. The summed E-state index contributed by atoms with van der Waals surface area (Å²) in [4.78, 5) is 73.1. The molecule has 0 saturated heterocycles. The number of fused-ring (bicyclic) bond motifs is 2. The van der Waals surface area contributed by atoms with Gasteiger partial charge in [-0.1, -0.05) is 62.3 Å². The molecule has 6 aromatic rings. The number of H-pyrrole nitrogens is 2. The highest BCUT2D eigenvalue weighted by Crippen LogP contribution is 2.28. The average Bonchev–Trinajstić information content (AvgIpc) is 4.00. The van der Waals surface area contributed by atoms with E-state index in [0.29, 0.717) is 6.54 Å². The van der Waals surface area contributed by atoms with Crippen molar-refractivity contribution in [3.8, 4) is 0 Å². The molecule has 0 aliphatic rings. The lowest BCUT2D eigenvalue weighted by molar-refractivity contribution is -0.142. The van der Waals surface area contributed by atoms with Gasteiger partial charge in [0.05, 0.1) is 56.9 Å². The Morgan fingerprint density at radius 3 is 1.70 bits per heavy atom. The number of amides is 4. The van der Waals surface area contributed by atoms with Gasteiger partial charge in [-0.25, -0.2) is 14.4 Å². The first-order valence-electron chi connectivity index (χ1n) is 17.1. The molecule has 0 spiro atoms. The zero-order chi connectivity index (χ0) is 42.1. The Kier molecular flexibility index (Phi) is 17.2. The standard InChI is InChI=1S/C23H26ClN5O6S.C14H10ClN3O3S.2CH4/c1-23(2,3)35-22(33)26-11-16(21(32)34-4)28-20(31)18-14(24)8-17(36-18)19(30)25-9-12-6-5-7-15-13(12)10-27-29-15;15-9-4-11(22-12(9)14(20)21)13(19)16-5-7-2-1-3-10-8(7)6-17-18-10;;/h5-8,10,16H,9,11H2,1-4H3,(H,25,30)(H,26,33)(H,27,29)(H,28,31);1-4,6H,5H2,(H,16,19)(H,17,18)(H,20,21);2*1H4/t16-;;;/m0.../s1. The fraction of sp³-hybridized carbons (Fsp3) is 0.282. The van der Waals surface area contributed by atoms with Crippen LogP contribution in [0.3, 0.4) is 0 Å². The van der Waals surface area contributed by atoms with Crippen molar-refractivity contribution in [3.63, 3.8) is 0 Å². The molecular formula is C39H44Cl2N8O9S2. The Balaban J connectivity index is 0.000000343. The third-order valence-corrected chi connectivity index (χ3v) is 11.0. The maximum absolute atomic E-state index is 12.8. The second-order valence-corrected chi connectivity index (χ2v) is 16.1. The number of carbonyl (C=O) groups excluding carboxylic acids is 5. The van der Waals surface area contributed by atoms with Crippen LogP contribution in [0.15, 0.2) is 60.9 Å². The van der Waals surface area contributed by atoms with Crippen molar-refractivity contribution in [3.05, 3.63) is 102 Å². The van der Waals surface area contributed by atoms with Crippen molar-refractivity contribution in [1.82, 2.24) is 41.7 Å². The SMILES string of the molecule is C.C.COC(=O)[C@H](CNC(=O)OC(C)(C)C)NC(=O)c1sc(C(=O)NCc2cccc3[nH]ncc23)cc1Cl.O=C(NCc1cccc2[nH]ncc12)c1cc(Cl)c(C(=O)O)s1. The van der Waals surface area contributed by atoms with E-state index in [1.54, 1.807) is 33.2 Å². The number of ether oxygens (including phenoxy) is 2. The molecule has 320 valence electrons. The van der Waals surface area contributed by atoms with E-state index in [1.165, 1.54) is 12.1 Å². The zero-order valence-corrected chi connectivity index (χ0v) is 34.3. The third-order valence-electron chi connectivity index (χ3n) is 7.89. The first-order valence-corrected chi connectivity index (χ1v) is 19.5. The number of nitrogens with one attached hydrogen (secondary N) is 6. The number of esters is 1. The highest BCUT2D eigenvalue weighted by molar-refractivity contribution is 7.17. The number of methoxy groups -OCH3 is 1. The highest BCUT2D eigenvalue weighted by atomic mass is 35.5. The molecule has 7 N–H and O–H groups in total. The van der Waals surface area contributed by atoms with Gasteiger partial charge in [-0.2, -0.15) is 10.2 Å². The molecule has 0 aliphatic heterocycles. The summed E-state index contributed by atoms with van der Waals surface area (Å²) < 4.78 is 9.84. The number of aromatic carboxylic acids is 1. The largest absolute Gasteiger partial charge is 0.477 e. The Morgan fingerprint density at radius 2 is 1.25 bits per heavy atom. The summed E-state index contributed by atoms with van der Waals surface area (Å²) in [5.74, 6) is -3.40. The minimum absolute atomic E-state index is 0. The second kappa shape index (κ2) is 21.3. The molecule has 0 aliphatic carbocycles. The van der Waals surface area contributed by atoms with Crippen molar-refractivity contribution in [2.75, 3.05) is 13.7 Å². The third kappa shape index (κ3) is 12.5. The zero-order valence-electron chi connectivity index (χ0n) is 31.2. The van der Waals surface area contributed by atoms with Gasteiger partial charge in [-0.3, -0.25) is 24.6 Å². The second-order valence-electron chi connectivity index (χ2n) is 13.2. The van der Waals surface area contributed by atoms with Crippen LogP contribution >= 0.6 is 45.9 Å². The van der Waals surface area contributed by atoms with E-state index in [4.69, 9.17) is 37.8 Å². The van der Waals surface area contributed by atoms with Crippen LogP contribution in [-0.4, -0.2) is 86.6 Å². The fourth-order valence-electron chi connectivity index (χ4n) is 5.21. The first-order chi connectivity index (χ1) is 27.5. The number of aromatic amines is 2. The van der Waals surface area contributed by atoms with Crippen molar-refractivity contribution >= 4 is 103 Å². The normalized spacial score (nSPS) is 11.2. The number of halogens is 2. The summed E-state index contributed by atoms with van der Waals surface area (Å²) in [6, 6.07) is 12.8. The van der Waals surface area contributed by atoms with E-state index < -0.39 is 41.5 Å². The van der Waals surface area contributed by atoms with Gasteiger partial charge in [0.1, 0.15) is 21.4 Å². The number of thiophene rings is 2. The molecule has 6 rings (SSSR count). The lowest BCUT2D eigenvalue weighted by atomic mass is 10.1. The Morgan fingerprint density at radius 1 is 0.767 bits per heavy atom. The van der Waals surface area contributed by atoms with Crippen LogP contribution in [0.2, 0.25) is 10.0 Å². The number of nitrogens with zero attached hydrogens (tertiary/aromatic N) is 2. The topological polar surface area (TPSA) is 247 Å². The van der Waals surface area contributed by atoms with Gasteiger partial charge in [0.25, 0.3) is 17.7 Å². The van der Waals surface area contributed by atoms with Gasteiger partial charge < -0.3 is 35.8 Å². The monoisotopic (exact) mass is 902 g/mol. The minimum atomic E-state index is -1.21. The summed E-state index contributed by atoms with van der Waals surface area (Å²) >= 11 is 13.7. The van der Waals surface area contributed by atoms with E-state index in [1.807, 2.05) is 36.4 Å². The molecule has 0 fully saturated rings. The van der Waals surface area contributed by atoms with Gasteiger partial charge >= 0.3 is 18.0 Å². The fourth-order valence-corrected chi connectivity index (χ4v) is 7.63. The van der Waals surface area contributed by atoms with Crippen LogP contribution in [-0.2, 0) is 27.4 Å². The van der Waals surface area contributed by atoms with Gasteiger partial charge in [0.2, 0.25) is 0 Å². The molecule has 1 atom stereocenters. The molecule has 4 heterocycles. The number of hydrogen-bond acceptors (Lipinski definition) is 12. The Labute approximate surface area is 362 Å². The smallest absolute Gasteiger partial charge is 0.407 e. The molecule has 0 unspecified atom stereocenters. The van der Waals surface area contributed by atoms with E-state index in [-0.39, 0.29) is 63.4 Å². The van der Waals surface area contributed by atoms with Gasteiger partial charge in [-0.15, -0.1) is 22.7 Å². The summed E-state index contributed by atoms with van der Waals surface area (Å²) in [5, 5.41) is 35.0. The number of hydrogen-bond donors (Lipinski definition) is 7. The van der Waals surface area contributed by atoms with Crippen LogP contribution in [0.1, 0.15) is 85.4 Å². The van der Waals surface area contributed by atoms with Crippen molar-refractivity contribution in [2.24, 2.45) is 0 Å². The molecule has 17 nitrogen and oxygen atoms in total. The van der Waals surface area contributed by atoms with Crippen LogP contribution in [0.4, 0.5) is 4.79 Å². The number of carboxylic acids is 1. The molecular weight excluding hydrogens is 860 g/mol. The molecule has 0 bridgehead atoms. The quantitative estimate of drug-likeness (QED) is 0.0606. The molecule has 4 aromatic heterocycles. The molecule has 2 aromatic carbocycles. The number of carbonyl (C=O) groups is 6. The number of rotatable bonds is 12. The van der Waals surface area contributed by atoms with Crippen LogP contribution in [0, 0.1) is 0 Å². The summed E-state index contributed by atoms with van der Waals surface area (Å²) in [6.07, 6.45) is 2.61. The predicted molar refractivity (Wildman–Crippen MR) is 231 cm³/mol. The maximum atomic E-state index is 12.8. The molecule has 0 radical (unpaired) electrons. The number of carboxylic acid groups (broad SMARTS) is 1. The lowest BCUT2D eigenvalue weighted by Crippen LogP contribution is -2.49. The van der Waals surface area contributed by atoms with E-state index >= 15 is 0 Å². The summed E-state index contributed by atoms with van der Waals surface area (Å²) in [7, 11) is 1.15. The first kappa shape index (κ1) is 48.3. The van der Waals surface area contributed by atoms with Crippen LogP contribution in [0.5, 0.6) is 0 Å². The molecule has 0 saturated carbocycles. The summed E-state index contributed by atoms with van der Waals surface area (Å²) in [6.45, 7) is 5.36. The Hall–Kier alpha value is -6.02. The van der Waals surface area contributed by atoms with E-state index in [9.17, 15) is 28.8 Å². The lowest BCUT2D eigenvalue weighted by Gasteiger charge is -2.21. The minimum Gasteiger partial charge on any atom is -0.477 e. The van der Waals surface area contributed by atoms with E-state index in [2.05, 4.69) is 41.7 Å². The highest BCUT2D eigenvalue weighted by Gasteiger charge is 2.27. The Bertz CT molecular complexity index is 2490. The number of aromatic nitrogens is 4. The predicted octanol–water partition coefficient (Wildman–Crippen LogP) is 7.18. The van der Waals surface area contributed by atoms with Crippen molar-refractivity contribution in [1.29, 1.82) is 0 Å². The van der Waals surface area contributed by atoms with Crippen molar-refractivity contribution in [2.45, 2.75) is 60.4 Å².